The highest BCUT2D eigenvalue weighted by Crippen LogP contribution is 2.28. The van der Waals surface area contributed by atoms with Crippen molar-refractivity contribution < 1.29 is 4.79 Å². The maximum absolute atomic E-state index is 11.8. The number of nitriles is 1. The zero-order chi connectivity index (χ0) is 12.5. The van der Waals surface area contributed by atoms with Crippen molar-refractivity contribution in [2.45, 2.75) is 6.04 Å². The predicted octanol–water partition coefficient (Wildman–Crippen LogP) is 1.66. The van der Waals surface area contributed by atoms with Crippen LogP contribution in [0.4, 0.5) is 10.5 Å². The Morgan fingerprint density at radius 3 is 3.06 bits per heavy atom. The Bertz CT molecular complexity index is 656. The number of carbonyl (C=O) groups is 1. The molecule has 1 aromatic carbocycles. The van der Waals surface area contributed by atoms with Crippen molar-refractivity contribution in [2.75, 3.05) is 11.4 Å². The molecule has 0 aliphatic carbocycles. The van der Waals surface area contributed by atoms with Gasteiger partial charge in [0.2, 0.25) is 0 Å². The zero-order valence-electron chi connectivity index (χ0n) is 9.50. The highest BCUT2D eigenvalue weighted by atomic mass is 16.2. The summed E-state index contributed by atoms with van der Waals surface area (Å²) >= 11 is 0. The molecule has 1 aliphatic rings. The van der Waals surface area contributed by atoms with E-state index in [-0.39, 0.29) is 6.03 Å². The number of benzene rings is 1. The smallest absolute Gasteiger partial charge is 0.323 e. The van der Waals surface area contributed by atoms with Gasteiger partial charge in [-0.25, -0.2) is 4.79 Å². The predicted molar refractivity (Wildman–Crippen MR) is 67.0 cm³/mol. The van der Waals surface area contributed by atoms with E-state index in [2.05, 4.69) is 16.4 Å². The molecular formula is C13H10N4O. The number of carbonyl (C=O) groups excluding carboxylic acids is 1. The lowest BCUT2D eigenvalue weighted by atomic mass is 10.1. The molecule has 1 aromatic heterocycles. The van der Waals surface area contributed by atoms with Crippen molar-refractivity contribution >= 4 is 22.5 Å². The Hall–Kier alpha value is -2.61. The lowest BCUT2D eigenvalue weighted by molar-refractivity contribution is 0.252. The van der Waals surface area contributed by atoms with Crippen LogP contribution < -0.4 is 10.2 Å². The number of rotatable bonds is 1. The summed E-state index contributed by atoms with van der Waals surface area (Å²) in [7, 11) is 0. The monoisotopic (exact) mass is 238 g/mol. The third-order valence-electron chi connectivity index (χ3n) is 3.03. The molecule has 1 fully saturated rings. The van der Waals surface area contributed by atoms with Crippen LogP contribution in [0.1, 0.15) is 0 Å². The molecule has 2 amide bonds. The number of nitrogens with one attached hydrogen (secondary N) is 1. The molecule has 18 heavy (non-hydrogen) atoms. The SMILES string of the molecule is N#C[C@H]1CNC(=O)N1c1cncc2ccccc12. The van der Waals surface area contributed by atoms with E-state index < -0.39 is 6.04 Å². The summed E-state index contributed by atoms with van der Waals surface area (Å²) in [5, 5.41) is 13.6. The summed E-state index contributed by atoms with van der Waals surface area (Å²) in [6.45, 7) is 0.346. The highest BCUT2D eigenvalue weighted by Gasteiger charge is 2.32. The first kappa shape index (κ1) is 10.5. The topological polar surface area (TPSA) is 69.0 Å². The quantitative estimate of drug-likeness (QED) is 0.821. The van der Waals surface area contributed by atoms with E-state index in [1.807, 2.05) is 24.3 Å². The van der Waals surface area contributed by atoms with E-state index in [0.717, 1.165) is 10.8 Å². The van der Waals surface area contributed by atoms with Gasteiger partial charge in [0.1, 0.15) is 6.04 Å². The Morgan fingerprint density at radius 1 is 1.39 bits per heavy atom. The van der Waals surface area contributed by atoms with Crippen molar-refractivity contribution in [1.29, 1.82) is 5.26 Å². The number of urea groups is 1. The van der Waals surface area contributed by atoms with Gasteiger partial charge in [-0.2, -0.15) is 5.26 Å². The van der Waals surface area contributed by atoms with Crippen molar-refractivity contribution in [2.24, 2.45) is 0 Å². The van der Waals surface area contributed by atoms with Gasteiger partial charge < -0.3 is 5.32 Å². The minimum absolute atomic E-state index is 0.250. The molecule has 5 heteroatoms. The second-order valence-electron chi connectivity index (χ2n) is 4.08. The average Bonchev–Trinajstić information content (AvgIpc) is 2.79. The minimum atomic E-state index is -0.481. The number of hydrogen-bond acceptors (Lipinski definition) is 3. The fraction of sp³-hybridized carbons (Fsp3) is 0.154. The maximum Gasteiger partial charge on any atom is 0.323 e. The molecule has 1 aliphatic heterocycles. The summed E-state index contributed by atoms with van der Waals surface area (Å²) in [4.78, 5) is 17.4. The van der Waals surface area contributed by atoms with E-state index in [4.69, 9.17) is 5.26 Å². The van der Waals surface area contributed by atoms with Crippen molar-refractivity contribution in [3.63, 3.8) is 0 Å². The van der Waals surface area contributed by atoms with Crippen LogP contribution in [0, 0.1) is 11.3 Å². The van der Waals surface area contributed by atoms with Gasteiger partial charge >= 0.3 is 6.03 Å². The van der Waals surface area contributed by atoms with Crippen LogP contribution in [0.2, 0.25) is 0 Å². The van der Waals surface area contributed by atoms with E-state index in [0.29, 0.717) is 12.2 Å². The van der Waals surface area contributed by atoms with Crippen LogP contribution in [0.25, 0.3) is 10.8 Å². The molecule has 5 nitrogen and oxygen atoms in total. The molecule has 2 heterocycles. The molecule has 0 unspecified atom stereocenters. The zero-order valence-corrected chi connectivity index (χ0v) is 9.50. The van der Waals surface area contributed by atoms with E-state index in [1.165, 1.54) is 4.90 Å². The Kier molecular flexibility index (Phi) is 2.34. The van der Waals surface area contributed by atoms with Gasteiger partial charge in [-0.1, -0.05) is 24.3 Å². The first-order valence-electron chi connectivity index (χ1n) is 5.60. The third-order valence-corrected chi connectivity index (χ3v) is 3.03. The Labute approximate surface area is 104 Å². The van der Waals surface area contributed by atoms with Gasteiger partial charge in [0.05, 0.1) is 24.5 Å². The van der Waals surface area contributed by atoms with Crippen molar-refractivity contribution in [3.8, 4) is 6.07 Å². The first-order valence-corrected chi connectivity index (χ1v) is 5.60. The summed E-state index contributed by atoms with van der Waals surface area (Å²) in [5.74, 6) is 0. The summed E-state index contributed by atoms with van der Waals surface area (Å²) in [5.41, 5.74) is 0.676. The molecule has 0 spiro atoms. The van der Waals surface area contributed by atoms with Crippen molar-refractivity contribution in [1.82, 2.24) is 10.3 Å². The van der Waals surface area contributed by atoms with E-state index in [1.54, 1.807) is 12.4 Å². The molecule has 3 rings (SSSR count). The normalized spacial score (nSPS) is 18.7. The second-order valence-corrected chi connectivity index (χ2v) is 4.08. The number of hydrogen-bond donors (Lipinski definition) is 1. The van der Waals surface area contributed by atoms with Crippen LogP contribution >= 0.6 is 0 Å². The van der Waals surface area contributed by atoms with Gasteiger partial charge in [-0.3, -0.25) is 9.88 Å². The number of amides is 2. The molecule has 1 atom stereocenters. The van der Waals surface area contributed by atoms with Gasteiger partial charge in [-0.05, 0) is 0 Å². The van der Waals surface area contributed by atoms with Crippen LogP contribution in [0.3, 0.4) is 0 Å². The minimum Gasteiger partial charge on any atom is -0.334 e. The molecule has 0 saturated carbocycles. The lowest BCUT2D eigenvalue weighted by Gasteiger charge is -2.19. The summed E-state index contributed by atoms with van der Waals surface area (Å²) in [6, 6.07) is 9.07. The highest BCUT2D eigenvalue weighted by molar-refractivity contribution is 6.04. The average molecular weight is 238 g/mol. The molecule has 88 valence electrons. The number of fused-ring (bicyclic) bond motifs is 1. The summed E-state index contributed by atoms with van der Waals surface area (Å²) in [6.07, 6.45) is 3.37. The molecule has 1 N–H and O–H groups in total. The van der Waals surface area contributed by atoms with Crippen LogP contribution in [-0.4, -0.2) is 23.6 Å². The van der Waals surface area contributed by atoms with Gasteiger partial charge in [0.15, 0.2) is 0 Å². The van der Waals surface area contributed by atoms with Crippen LogP contribution in [-0.2, 0) is 0 Å². The fourth-order valence-corrected chi connectivity index (χ4v) is 2.18. The van der Waals surface area contributed by atoms with Gasteiger partial charge in [0, 0.05) is 17.0 Å². The Morgan fingerprint density at radius 2 is 2.22 bits per heavy atom. The number of nitrogens with zero attached hydrogens (tertiary/aromatic N) is 3. The standard InChI is InChI=1S/C13H10N4O/c14-5-10-7-16-13(18)17(10)12-8-15-6-9-3-1-2-4-11(9)12/h1-4,6,8,10H,7H2,(H,16,18)/t10-/m0/s1. The number of pyridine rings is 1. The Balaban J connectivity index is 2.20. The van der Waals surface area contributed by atoms with E-state index >= 15 is 0 Å². The fourth-order valence-electron chi connectivity index (χ4n) is 2.18. The van der Waals surface area contributed by atoms with Crippen LogP contribution in [0.5, 0.6) is 0 Å². The molecule has 0 radical (unpaired) electrons. The van der Waals surface area contributed by atoms with Gasteiger partial charge in [0.25, 0.3) is 0 Å². The molecular weight excluding hydrogens is 228 g/mol. The first-order chi connectivity index (χ1) is 8.81. The van der Waals surface area contributed by atoms with Crippen LogP contribution in [0.15, 0.2) is 36.7 Å². The second kappa shape index (κ2) is 4.00. The molecule has 1 saturated heterocycles. The third kappa shape index (κ3) is 1.47. The maximum atomic E-state index is 11.8. The number of aromatic nitrogens is 1. The van der Waals surface area contributed by atoms with Crippen molar-refractivity contribution in [3.05, 3.63) is 36.7 Å². The summed E-state index contributed by atoms with van der Waals surface area (Å²) < 4.78 is 0. The van der Waals surface area contributed by atoms with E-state index in [9.17, 15) is 4.79 Å². The molecule has 0 bridgehead atoms. The molecule has 2 aromatic rings. The van der Waals surface area contributed by atoms with Gasteiger partial charge in [-0.15, -0.1) is 0 Å². The largest absolute Gasteiger partial charge is 0.334 e. The lowest BCUT2D eigenvalue weighted by Crippen LogP contribution is -2.33. The number of anilines is 1.